The summed E-state index contributed by atoms with van der Waals surface area (Å²) in [6, 6.07) is 47.3. The number of amides is 3. The van der Waals surface area contributed by atoms with Crippen LogP contribution in [0.1, 0.15) is 60.4 Å². The molecular weight excluding hydrogens is 961 g/mol. The Morgan fingerprint density at radius 3 is 1.94 bits per heavy atom. The molecule has 5 aromatic carbocycles. The van der Waals surface area contributed by atoms with E-state index in [0.29, 0.717) is 22.2 Å². The summed E-state index contributed by atoms with van der Waals surface area (Å²) in [4.78, 5) is 55.5. The molecule has 0 aliphatic carbocycles. The number of benzene rings is 5. The van der Waals surface area contributed by atoms with Crippen molar-refractivity contribution >= 4 is 80.9 Å². The lowest BCUT2D eigenvalue weighted by Crippen LogP contribution is -2.71. The summed E-state index contributed by atoms with van der Waals surface area (Å²) in [7, 11) is 0. The number of hydrogen-bond acceptors (Lipinski definition) is 14. The van der Waals surface area contributed by atoms with E-state index in [-0.39, 0.29) is 21.6 Å². The number of β-lactam (4-membered cyclic amide) rings is 1. The van der Waals surface area contributed by atoms with Gasteiger partial charge in [0, 0.05) is 33.6 Å². The van der Waals surface area contributed by atoms with E-state index < -0.39 is 46.6 Å². The number of fused-ring (bicyclic) bond motifs is 1. The van der Waals surface area contributed by atoms with E-state index in [1.165, 1.54) is 23.5 Å². The third-order valence-corrected chi connectivity index (χ3v) is 14.5. The molecule has 3 N–H and O–H groups in total. The van der Waals surface area contributed by atoms with Crippen LogP contribution in [0.4, 0.5) is 9.93 Å². The van der Waals surface area contributed by atoms with Gasteiger partial charge in [0.15, 0.2) is 10.8 Å². The van der Waals surface area contributed by atoms with E-state index in [1.54, 1.807) is 37.2 Å². The fourth-order valence-electron chi connectivity index (χ4n) is 7.99. The minimum Gasteiger partial charge on any atom is -0.469 e. The molecule has 18 heteroatoms. The topological polar surface area (TPSA) is 173 Å². The van der Waals surface area contributed by atoms with Gasteiger partial charge >= 0.3 is 6.09 Å². The minimum atomic E-state index is -1.36. The van der Waals surface area contributed by atoms with Crippen molar-refractivity contribution < 1.29 is 28.7 Å². The predicted octanol–water partition coefficient (Wildman–Crippen LogP) is 9.90. The smallest absolute Gasteiger partial charge is 0.413 e. The van der Waals surface area contributed by atoms with E-state index in [0.717, 1.165) is 44.7 Å². The molecular formula is C52H46N8O6S4. The highest BCUT2D eigenvalue weighted by molar-refractivity contribution is 8.01. The van der Waals surface area contributed by atoms with Crippen molar-refractivity contribution in [3.8, 4) is 0 Å². The Kier molecular flexibility index (Phi) is 14.6. The van der Waals surface area contributed by atoms with E-state index in [2.05, 4.69) is 36.2 Å². The summed E-state index contributed by atoms with van der Waals surface area (Å²) in [5.41, 5.74) is 3.03. The Morgan fingerprint density at radius 2 is 1.41 bits per heavy atom. The van der Waals surface area contributed by atoms with Crippen molar-refractivity contribution in [3.05, 3.63) is 208 Å². The molecule has 354 valence electrons. The number of thioether (sulfide) groups is 2. The maximum absolute atomic E-state index is 15.0. The first-order valence-electron chi connectivity index (χ1n) is 22.1. The third kappa shape index (κ3) is 10.5. The molecule has 0 spiro atoms. The fourth-order valence-corrected chi connectivity index (χ4v) is 11.3. The molecule has 14 nitrogen and oxygen atoms in total. The van der Waals surface area contributed by atoms with Gasteiger partial charge in [0.2, 0.25) is 10.7 Å². The molecule has 0 unspecified atom stereocenters. The predicted molar refractivity (Wildman–Crippen MR) is 276 cm³/mol. The van der Waals surface area contributed by atoms with Crippen LogP contribution in [0.15, 0.2) is 185 Å². The maximum Gasteiger partial charge on any atom is 0.413 e. The van der Waals surface area contributed by atoms with Gasteiger partial charge in [0.25, 0.3) is 11.8 Å². The first-order chi connectivity index (χ1) is 34.0. The summed E-state index contributed by atoms with van der Waals surface area (Å²) in [6.07, 6.45) is 0.334. The second-order valence-corrected chi connectivity index (χ2v) is 20.3. The first-order valence-corrected chi connectivity index (χ1v) is 25.5. The molecule has 0 saturated carbocycles. The SMILES string of the molecule is CC(C)(C)OC(=O)Nc1nc(C(=NOC(c2ccccc2)(c2ccccc2)c2ccccc2)C(=O)N[C@@H]2C(=O)N3C(C(=S)OC(c4ccccc4)c4ccccc4)=C(CSc4cn[nH]n4)CS[C@H]23)cs1. The van der Waals surface area contributed by atoms with Gasteiger partial charge in [-0.3, -0.25) is 19.8 Å². The quantitative estimate of drug-likeness (QED) is 0.0209. The molecule has 2 aliphatic rings. The van der Waals surface area contributed by atoms with Crippen LogP contribution in [0.2, 0.25) is 0 Å². The molecule has 70 heavy (non-hydrogen) atoms. The van der Waals surface area contributed by atoms with E-state index in [1.807, 2.05) is 152 Å². The summed E-state index contributed by atoms with van der Waals surface area (Å²) in [5.74, 6) is -0.225. The van der Waals surface area contributed by atoms with Crippen LogP contribution in [-0.2, 0) is 29.5 Å². The number of ether oxygens (including phenoxy) is 2. The number of nitrogens with one attached hydrogen (secondary N) is 3. The van der Waals surface area contributed by atoms with Gasteiger partial charge in [-0.25, -0.2) is 9.78 Å². The lowest BCUT2D eigenvalue weighted by Gasteiger charge is -2.50. The van der Waals surface area contributed by atoms with E-state index in [4.69, 9.17) is 26.5 Å². The number of nitrogens with zero attached hydrogens (tertiary/aromatic N) is 5. The number of thiocarbonyl (C=S) groups is 1. The lowest BCUT2D eigenvalue weighted by atomic mass is 9.80. The van der Waals surface area contributed by atoms with Crippen molar-refractivity contribution in [3.63, 3.8) is 0 Å². The average Bonchev–Trinajstić information content (AvgIpc) is 4.09. The van der Waals surface area contributed by atoms with Crippen LogP contribution in [-0.4, -0.2) is 82.5 Å². The second-order valence-electron chi connectivity index (χ2n) is 17.0. The minimum absolute atomic E-state index is 0.0896. The highest BCUT2D eigenvalue weighted by atomic mass is 32.2. The zero-order valence-electron chi connectivity index (χ0n) is 38.1. The number of oxime groups is 1. The Morgan fingerprint density at radius 1 is 0.857 bits per heavy atom. The average molecular weight is 1010 g/mol. The molecule has 3 amide bonds. The zero-order valence-corrected chi connectivity index (χ0v) is 41.3. The molecule has 7 aromatic rings. The number of anilines is 1. The maximum atomic E-state index is 15.0. The summed E-state index contributed by atoms with van der Waals surface area (Å²) >= 11 is 10.2. The van der Waals surface area contributed by atoms with Crippen molar-refractivity contribution in [2.45, 2.75) is 54.5 Å². The first kappa shape index (κ1) is 47.9. The Hall–Kier alpha value is -7.12. The number of thiazole rings is 1. The van der Waals surface area contributed by atoms with Gasteiger partial charge in [-0.15, -0.1) is 28.2 Å². The van der Waals surface area contributed by atoms with Crippen LogP contribution < -0.4 is 10.6 Å². The van der Waals surface area contributed by atoms with Crippen LogP contribution in [0.5, 0.6) is 0 Å². The van der Waals surface area contributed by atoms with Gasteiger partial charge in [0.1, 0.15) is 33.8 Å². The molecule has 1 fully saturated rings. The standard InChI is InChI=1S/C52H46N8O6S4/c1-51(2,3)65-50(63)56-49-54-39(32-70-49)41(58-66-52(36-23-13-6-14-24-36,37-25-15-7-16-26-37)38-27-17-8-18-28-38)45(61)55-42-46(62)60-43(35(31-69-47(42)60)30-68-40-29-53-59-57-40)48(67)64-44(33-19-9-4-10-20-33)34-21-11-5-12-22-34/h4-29,32,42,44,47H,30-31H2,1-3H3,(H,55,61)(H,53,57,59)(H,54,56,63)/t42-,47-/m1/s1. The number of rotatable bonds is 16. The van der Waals surface area contributed by atoms with E-state index in [9.17, 15) is 14.4 Å². The molecule has 4 heterocycles. The fraction of sp³-hybridized carbons (Fsp3) is 0.192. The highest BCUT2D eigenvalue weighted by Crippen LogP contribution is 2.44. The number of H-pyrrole nitrogens is 1. The molecule has 0 bridgehead atoms. The number of hydrogen-bond donors (Lipinski definition) is 3. The number of carbonyl (C=O) groups excluding carboxylic acids is 3. The molecule has 0 radical (unpaired) electrons. The normalized spacial score (nSPS) is 16.0. The van der Waals surface area contributed by atoms with Crippen LogP contribution >= 0.6 is 47.1 Å². The molecule has 1 saturated heterocycles. The van der Waals surface area contributed by atoms with Gasteiger partial charge in [-0.1, -0.05) is 169 Å². The summed E-state index contributed by atoms with van der Waals surface area (Å²) in [5, 5.41) is 23.1. The monoisotopic (exact) mass is 1010 g/mol. The highest BCUT2D eigenvalue weighted by Gasteiger charge is 2.54. The molecule has 9 rings (SSSR count). The van der Waals surface area contributed by atoms with Crippen LogP contribution in [0.25, 0.3) is 0 Å². The van der Waals surface area contributed by atoms with Crippen LogP contribution in [0.3, 0.4) is 0 Å². The van der Waals surface area contributed by atoms with Crippen molar-refractivity contribution in [1.29, 1.82) is 0 Å². The van der Waals surface area contributed by atoms with E-state index >= 15 is 0 Å². The summed E-state index contributed by atoms with van der Waals surface area (Å²) < 4.78 is 12.2. The van der Waals surface area contributed by atoms with Crippen molar-refractivity contribution in [2.75, 3.05) is 16.8 Å². The van der Waals surface area contributed by atoms with Crippen LogP contribution in [0, 0.1) is 0 Å². The number of carbonyl (C=O) groups is 3. The molecule has 2 atom stereocenters. The second kappa shape index (κ2) is 21.3. The Labute approximate surface area is 422 Å². The van der Waals surface area contributed by atoms with Crippen molar-refractivity contribution in [2.24, 2.45) is 5.16 Å². The molecule has 2 aliphatic heterocycles. The van der Waals surface area contributed by atoms with Gasteiger partial charge in [0.05, 0.1) is 11.9 Å². The van der Waals surface area contributed by atoms with Gasteiger partial charge in [-0.2, -0.15) is 10.3 Å². The van der Waals surface area contributed by atoms with Crippen molar-refractivity contribution in [1.82, 2.24) is 30.6 Å². The summed E-state index contributed by atoms with van der Waals surface area (Å²) in [6.45, 7) is 5.26. The lowest BCUT2D eigenvalue weighted by molar-refractivity contribution is -0.144. The largest absolute Gasteiger partial charge is 0.469 e. The Balaban J connectivity index is 1.06. The Bertz CT molecular complexity index is 2870. The van der Waals surface area contributed by atoms with Gasteiger partial charge in [-0.05, 0) is 49.7 Å². The van der Waals surface area contributed by atoms with Gasteiger partial charge < -0.3 is 19.6 Å². The zero-order chi connectivity index (χ0) is 48.7. The number of aromatic nitrogens is 4. The number of aromatic amines is 1. The third-order valence-electron chi connectivity index (χ3n) is 11.1. The molecule has 2 aromatic heterocycles.